The topological polar surface area (TPSA) is 140 Å². The van der Waals surface area contributed by atoms with Gasteiger partial charge in [0.05, 0.1) is 0 Å². The Morgan fingerprint density at radius 3 is 1.28 bits per heavy atom. The first-order valence-corrected chi connectivity index (χ1v) is 9.30. The normalized spacial score (nSPS) is 10.7. The molecule has 8 heteroatoms. The molecule has 0 heterocycles. The number of nitrogens with one attached hydrogen (secondary N) is 2. The van der Waals surface area contributed by atoms with Crippen LogP contribution in [0.5, 0.6) is 0 Å². The lowest BCUT2D eigenvalue weighted by molar-refractivity contribution is -0.125. The van der Waals surface area contributed by atoms with Crippen LogP contribution in [0.2, 0.25) is 0 Å². The van der Waals surface area contributed by atoms with E-state index in [0.29, 0.717) is 12.8 Å². The second-order valence-corrected chi connectivity index (χ2v) is 8.58. The number of amides is 2. The minimum absolute atomic E-state index is 0. The van der Waals surface area contributed by atoms with Crippen molar-refractivity contribution < 1.29 is 19.2 Å². The van der Waals surface area contributed by atoms with Gasteiger partial charge in [0.25, 0.3) is 0 Å². The molecule has 0 radical (unpaired) electrons. The number of nitriles is 2. The van der Waals surface area contributed by atoms with E-state index in [1.54, 1.807) is 12.4 Å². The van der Waals surface area contributed by atoms with Crippen molar-refractivity contribution in [2.45, 2.75) is 86.5 Å². The monoisotopic (exact) mass is 406 g/mol. The molecule has 2 amide bonds. The number of ketones is 2. The van der Waals surface area contributed by atoms with E-state index in [-0.39, 0.29) is 69.3 Å². The number of carbonyl (C=O) groups is 4. The summed E-state index contributed by atoms with van der Waals surface area (Å²) < 4.78 is 0. The molecule has 0 fully saturated rings. The maximum atomic E-state index is 12.0. The Morgan fingerprint density at radius 1 is 0.690 bits per heavy atom. The number of Topliss-reactive ketones (excluding diaryl/α,β-unsaturated/α-hetero) is 2. The summed E-state index contributed by atoms with van der Waals surface area (Å²) in [6.07, 6.45) is 5.36. The third kappa shape index (κ3) is 14.9. The van der Waals surface area contributed by atoms with Crippen LogP contribution in [0.1, 0.15) is 86.5 Å². The van der Waals surface area contributed by atoms with Crippen molar-refractivity contribution in [1.29, 1.82) is 10.5 Å². The zero-order valence-corrected chi connectivity index (χ0v) is 17.2. The fourth-order valence-corrected chi connectivity index (χ4v) is 2.74. The first-order valence-electron chi connectivity index (χ1n) is 9.30. The van der Waals surface area contributed by atoms with Crippen LogP contribution in [-0.4, -0.2) is 23.4 Å². The van der Waals surface area contributed by atoms with Gasteiger partial charge in [-0.25, -0.2) is 0 Å². The largest absolute Gasteiger partial charge is 0.300 e. The van der Waals surface area contributed by atoms with Crippen LogP contribution < -0.4 is 10.6 Å². The molecule has 0 spiro atoms. The maximum absolute atomic E-state index is 12.0. The molecule has 0 aromatic carbocycles. The highest BCUT2D eigenvalue weighted by Crippen LogP contribution is 2.28. The van der Waals surface area contributed by atoms with Crippen LogP contribution in [0.25, 0.3) is 0 Å². The molecule has 0 unspecified atom stereocenters. The van der Waals surface area contributed by atoms with E-state index >= 15 is 0 Å². The average molecular weight is 407 g/mol. The molecule has 2 N–H and O–H groups in total. The van der Waals surface area contributed by atoms with Gasteiger partial charge in [-0.15, -0.1) is 0 Å². The number of hydrogen-bond acceptors (Lipinski definition) is 6. The Bertz CT molecular complexity index is 611. The summed E-state index contributed by atoms with van der Waals surface area (Å²) in [6, 6.07) is 0. The smallest absolute Gasteiger partial charge is 0.233 e. The van der Waals surface area contributed by atoms with Gasteiger partial charge < -0.3 is 0 Å². The van der Waals surface area contributed by atoms with Gasteiger partial charge >= 0.3 is 0 Å². The molecule has 0 rings (SSSR count). The van der Waals surface area contributed by atoms with Gasteiger partial charge in [0.2, 0.25) is 11.8 Å². The molecule has 0 aromatic rings. The minimum Gasteiger partial charge on any atom is -0.300 e. The van der Waals surface area contributed by atoms with Crippen molar-refractivity contribution in [2.24, 2.45) is 10.8 Å². The van der Waals surface area contributed by atoms with Gasteiger partial charge in [-0.2, -0.15) is 10.5 Å². The quantitative estimate of drug-likeness (QED) is 0.356. The summed E-state index contributed by atoms with van der Waals surface area (Å²) in [5.41, 5.74) is -0.816. The van der Waals surface area contributed by atoms with Crippen LogP contribution in [0.4, 0.5) is 0 Å². The van der Waals surface area contributed by atoms with Gasteiger partial charge in [0, 0.05) is 38.5 Å². The minimum atomic E-state index is -0.408. The second kappa shape index (κ2) is 13.4. The standard InChI is InChI=1S/C20H30N4O4.CH4/c1-19(2,11-17(27)23-13-21)9-7-15(25)5-6-16(26)8-10-20(3,4)12-18(28)24-14-22;/h5-12H2,1-4H3,(H,23,27)(H,24,28);1H4. The molecule has 0 saturated carbocycles. The molecule has 0 aromatic heterocycles. The summed E-state index contributed by atoms with van der Waals surface area (Å²) in [7, 11) is 0. The Morgan fingerprint density at radius 2 is 1.00 bits per heavy atom. The van der Waals surface area contributed by atoms with Crippen molar-refractivity contribution in [2.75, 3.05) is 0 Å². The van der Waals surface area contributed by atoms with Crippen molar-refractivity contribution in [3.63, 3.8) is 0 Å². The molecular weight excluding hydrogens is 372 g/mol. The van der Waals surface area contributed by atoms with Crippen LogP contribution in [0, 0.1) is 33.7 Å². The molecule has 0 aliphatic carbocycles. The molecule has 162 valence electrons. The Labute approximate surface area is 174 Å². The fraction of sp³-hybridized carbons (Fsp3) is 0.714. The Kier molecular flexibility index (Phi) is 13.2. The molecule has 29 heavy (non-hydrogen) atoms. The highest BCUT2D eigenvalue weighted by molar-refractivity contribution is 5.86. The van der Waals surface area contributed by atoms with Gasteiger partial charge in [-0.05, 0) is 23.7 Å². The predicted molar refractivity (Wildman–Crippen MR) is 109 cm³/mol. The lowest BCUT2D eigenvalue weighted by atomic mass is 9.82. The Balaban J connectivity index is 0. The van der Waals surface area contributed by atoms with Gasteiger partial charge in [-0.3, -0.25) is 29.8 Å². The van der Waals surface area contributed by atoms with E-state index in [1.165, 1.54) is 0 Å². The molecule has 0 saturated heterocycles. The van der Waals surface area contributed by atoms with Gasteiger partial charge in [0.15, 0.2) is 12.4 Å². The van der Waals surface area contributed by atoms with Crippen molar-refractivity contribution in [3.8, 4) is 12.4 Å². The summed E-state index contributed by atoms with van der Waals surface area (Å²) >= 11 is 0. The lowest BCUT2D eigenvalue weighted by Gasteiger charge is -2.23. The molecule has 0 aliphatic heterocycles. The second-order valence-electron chi connectivity index (χ2n) is 8.58. The van der Waals surface area contributed by atoms with Crippen molar-refractivity contribution in [3.05, 3.63) is 0 Å². The van der Waals surface area contributed by atoms with E-state index < -0.39 is 10.8 Å². The van der Waals surface area contributed by atoms with Crippen molar-refractivity contribution in [1.82, 2.24) is 10.6 Å². The first-order chi connectivity index (χ1) is 12.9. The third-order valence-electron chi connectivity index (χ3n) is 4.51. The van der Waals surface area contributed by atoms with Gasteiger partial charge in [-0.1, -0.05) is 35.1 Å². The highest BCUT2D eigenvalue weighted by Gasteiger charge is 2.24. The lowest BCUT2D eigenvalue weighted by Crippen LogP contribution is -2.26. The van der Waals surface area contributed by atoms with Gasteiger partial charge in [0.1, 0.15) is 11.6 Å². The SMILES string of the molecule is C.CC(C)(CCC(=O)CCC(=O)CCC(C)(C)CC(=O)NC#N)CC(=O)NC#N. The first kappa shape index (κ1) is 28.5. The molecule has 0 aliphatic rings. The van der Waals surface area contributed by atoms with Crippen LogP contribution >= 0.6 is 0 Å². The molecule has 8 nitrogen and oxygen atoms in total. The van der Waals surface area contributed by atoms with E-state index in [4.69, 9.17) is 10.5 Å². The number of hydrogen-bond donors (Lipinski definition) is 2. The number of carbonyl (C=O) groups excluding carboxylic acids is 4. The summed E-state index contributed by atoms with van der Waals surface area (Å²) in [6.45, 7) is 7.42. The fourth-order valence-electron chi connectivity index (χ4n) is 2.74. The third-order valence-corrected chi connectivity index (χ3v) is 4.51. The van der Waals surface area contributed by atoms with Crippen LogP contribution in [0.15, 0.2) is 0 Å². The summed E-state index contributed by atoms with van der Waals surface area (Å²) in [5, 5.41) is 21.0. The molecule has 0 atom stereocenters. The molecule has 0 bridgehead atoms. The van der Waals surface area contributed by atoms with E-state index in [2.05, 4.69) is 10.6 Å². The van der Waals surface area contributed by atoms with Crippen LogP contribution in [0.3, 0.4) is 0 Å². The number of rotatable bonds is 13. The Hall–Kier alpha value is -2.74. The zero-order valence-electron chi connectivity index (χ0n) is 17.2. The number of nitrogens with zero attached hydrogens (tertiary/aromatic N) is 2. The average Bonchev–Trinajstić information content (AvgIpc) is 2.56. The maximum Gasteiger partial charge on any atom is 0.233 e. The van der Waals surface area contributed by atoms with E-state index in [9.17, 15) is 19.2 Å². The zero-order chi connectivity index (χ0) is 21.8. The highest BCUT2D eigenvalue weighted by atomic mass is 16.2. The summed E-state index contributed by atoms with van der Waals surface area (Å²) in [5.74, 6) is -0.813. The van der Waals surface area contributed by atoms with E-state index in [1.807, 2.05) is 27.7 Å². The predicted octanol–water partition coefficient (Wildman–Crippen LogP) is 3.13. The molecular formula is C21H34N4O4. The summed E-state index contributed by atoms with van der Waals surface area (Å²) in [4.78, 5) is 47.0. The van der Waals surface area contributed by atoms with Crippen molar-refractivity contribution >= 4 is 23.4 Å². The van der Waals surface area contributed by atoms with Crippen LogP contribution in [-0.2, 0) is 19.2 Å². The van der Waals surface area contributed by atoms with E-state index in [0.717, 1.165) is 0 Å².